The molecule has 1 rings (SSSR count). The SMILES string of the molecule is CCCNCCNC(=O)C(NC(=O)CC)c1ccccc1.Cl. The Morgan fingerprint density at radius 1 is 1.05 bits per heavy atom. The predicted molar refractivity (Wildman–Crippen MR) is 91.0 cm³/mol. The van der Waals surface area contributed by atoms with E-state index in [9.17, 15) is 9.59 Å². The van der Waals surface area contributed by atoms with E-state index in [1.807, 2.05) is 30.3 Å². The van der Waals surface area contributed by atoms with Crippen LogP contribution in [0.4, 0.5) is 0 Å². The highest BCUT2D eigenvalue weighted by molar-refractivity contribution is 5.88. The predicted octanol–water partition coefficient (Wildman–Crippen LogP) is 1.79. The third kappa shape index (κ3) is 7.43. The van der Waals surface area contributed by atoms with Gasteiger partial charge in [0.05, 0.1) is 0 Å². The molecule has 5 nitrogen and oxygen atoms in total. The van der Waals surface area contributed by atoms with Crippen molar-refractivity contribution in [1.29, 1.82) is 0 Å². The molecule has 2 amide bonds. The van der Waals surface area contributed by atoms with Crippen LogP contribution >= 0.6 is 12.4 Å². The van der Waals surface area contributed by atoms with Crippen molar-refractivity contribution < 1.29 is 9.59 Å². The molecule has 0 aliphatic rings. The first-order chi connectivity index (χ1) is 10.2. The molecule has 0 aromatic heterocycles. The van der Waals surface area contributed by atoms with Gasteiger partial charge in [-0.3, -0.25) is 9.59 Å². The van der Waals surface area contributed by atoms with E-state index in [1.165, 1.54) is 0 Å². The van der Waals surface area contributed by atoms with Crippen LogP contribution < -0.4 is 16.0 Å². The van der Waals surface area contributed by atoms with Crippen molar-refractivity contribution in [2.75, 3.05) is 19.6 Å². The normalized spacial score (nSPS) is 11.2. The van der Waals surface area contributed by atoms with E-state index in [2.05, 4.69) is 22.9 Å². The van der Waals surface area contributed by atoms with Crippen LogP contribution in [0.1, 0.15) is 38.3 Å². The van der Waals surface area contributed by atoms with Crippen molar-refractivity contribution in [2.45, 2.75) is 32.7 Å². The van der Waals surface area contributed by atoms with Crippen molar-refractivity contribution in [3.05, 3.63) is 35.9 Å². The number of nitrogens with one attached hydrogen (secondary N) is 3. The van der Waals surface area contributed by atoms with E-state index < -0.39 is 6.04 Å². The smallest absolute Gasteiger partial charge is 0.247 e. The van der Waals surface area contributed by atoms with Crippen molar-refractivity contribution in [3.63, 3.8) is 0 Å². The molecule has 1 aromatic rings. The number of carbonyl (C=O) groups is 2. The lowest BCUT2D eigenvalue weighted by molar-refractivity contribution is -0.129. The van der Waals surface area contributed by atoms with Gasteiger partial charge in [0.15, 0.2) is 0 Å². The molecule has 0 saturated carbocycles. The zero-order valence-electron chi connectivity index (χ0n) is 13.2. The standard InChI is InChI=1S/C16H25N3O2.ClH/c1-3-10-17-11-12-18-16(21)15(19-14(20)4-2)13-8-6-5-7-9-13;/h5-9,15,17H,3-4,10-12H2,1-2H3,(H,18,21)(H,19,20);1H. The minimum atomic E-state index is -0.634. The number of halogens is 1. The lowest BCUT2D eigenvalue weighted by atomic mass is 10.1. The Morgan fingerprint density at radius 3 is 2.32 bits per heavy atom. The van der Waals surface area contributed by atoms with Crippen molar-refractivity contribution >= 4 is 24.2 Å². The van der Waals surface area contributed by atoms with E-state index in [4.69, 9.17) is 0 Å². The summed E-state index contributed by atoms with van der Waals surface area (Å²) in [5, 5.41) is 8.84. The Kier molecular flexibility index (Phi) is 11.1. The average molecular weight is 328 g/mol. The van der Waals surface area contributed by atoms with Gasteiger partial charge in [-0.1, -0.05) is 44.2 Å². The molecular formula is C16H26ClN3O2. The number of hydrogen-bond acceptors (Lipinski definition) is 3. The summed E-state index contributed by atoms with van der Waals surface area (Å²) in [6.45, 7) is 6.07. The van der Waals surface area contributed by atoms with Gasteiger partial charge in [0.25, 0.3) is 0 Å². The van der Waals surface area contributed by atoms with E-state index in [1.54, 1.807) is 6.92 Å². The van der Waals surface area contributed by atoms with Crippen LogP contribution in [0.15, 0.2) is 30.3 Å². The monoisotopic (exact) mass is 327 g/mol. The molecule has 0 bridgehead atoms. The van der Waals surface area contributed by atoms with Crippen LogP contribution in [0, 0.1) is 0 Å². The quantitative estimate of drug-likeness (QED) is 0.606. The van der Waals surface area contributed by atoms with Gasteiger partial charge in [0, 0.05) is 19.5 Å². The van der Waals surface area contributed by atoms with Crippen LogP contribution in [0.3, 0.4) is 0 Å². The maximum absolute atomic E-state index is 12.3. The van der Waals surface area contributed by atoms with Gasteiger partial charge < -0.3 is 16.0 Å². The highest BCUT2D eigenvalue weighted by atomic mass is 35.5. The number of benzene rings is 1. The summed E-state index contributed by atoms with van der Waals surface area (Å²) in [6, 6.07) is 8.65. The molecule has 0 radical (unpaired) electrons. The fourth-order valence-corrected chi connectivity index (χ4v) is 1.89. The minimum absolute atomic E-state index is 0. The van der Waals surface area contributed by atoms with Crippen molar-refractivity contribution in [2.24, 2.45) is 0 Å². The average Bonchev–Trinajstić information content (AvgIpc) is 2.52. The summed E-state index contributed by atoms with van der Waals surface area (Å²) in [5.41, 5.74) is 0.790. The van der Waals surface area contributed by atoms with Crippen LogP contribution in [0.5, 0.6) is 0 Å². The van der Waals surface area contributed by atoms with Gasteiger partial charge in [-0.2, -0.15) is 0 Å². The molecule has 22 heavy (non-hydrogen) atoms. The highest BCUT2D eigenvalue weighted by Gasteiger charge is 2.21. The fourth-order valence-electron chi connectivity index (χ4n) is 1.89. The Bertz CT molecular complexity index is 440. The largest absolute Gasteiger partial charge is 0.353 e. The second-order valence-electron chi connectivity index (χ2n) is 4.81. The van der Waals surface area contributed by atoms with Crippen LogP contribution in [-0.2, 0) is 9.59 Å². The van der Waals surface area contributed by atoms with E-state index in [0.717, 1.165) is 25.1 Å². The lowest BCUT2D eigenvalue weighted by Gasteiger charge is -2.18. The molecule has 1 unspecified atom stereocenters. The maximum Gasteiger partial charge on any atom is 0.247 e. The second-order valence-corrected chi connectivity index (χ2v) is 4.81. The highest BCUT2D eigenvalue weighted by Crippen LogP contribution is 2.12. The van der Waals surface area contributed by atoms with Crippen molar-refractivity contribution in [1.82, 2.24) is 16.0 Å². The Hall–Kier alpha value is -1.59. The maximum atomic E-state index is 12.3. The summed E-state index contributed by atoms with van der Waals surface area (Å²) in [4.78, 5) is 23.9. The molecule has 6 heteroatoms. The summed E-state index contributed by atoms with van der Waals surface area (Å²) in [6.07, 6.45) is 1.42. The minimum Gasteiger partial charge on any atom is -0.353 e. The van der Waals surface area contributed by atoms with Gasteiger partial charge in [0.1, 0.15) is 6.04 Å². The molecule has 0 heterocycles. The van der Waals surface area contributed by atoms with E-state index in [-0.39, 0.29) is 24.2 Å². The molecule has 0 saturated heterocycles. The Balaban J connectivity index is 0.00000441. The molecule has 0 aliphatic heterocycles. The molecule has 0 aliphatic carbocycles. The first-order valence-electron chi connectivity index (χ1n) is 7.51. The Morgan fingerprint density at radius 2 is 1.73 bits per heavy atom. The topological polar surface area (TPSA) is 70.2 Å². The number of hydrogen-bond donors (Lipinski definition) is 3. The first-order valence-corrected chi connectivity index (χ1v) is 7.51. The summed E-state index contributed by atoms with van der Waals surface area (Å²) in [5.74, 6) is -0.315. The van der Waals surface area contributed by atoms with Gasteiger partial charge >= 0.3 is 0 Å². The van der Waals surface area contributed by atoms with Crippen LogP contribution in [-0.4, -0.2) is 31.4 Å². The first kappa shape index (κ1) is 20.4. The van der Waals surface area contributed by atoms with Crippen LogP contribution in [0.2, 0.25) is 0 Å². The second kappa shape index (κ2) is 12.0. The van der Waals surface area contributed by atoms with Gasteiger partial charge in [0.2, 0.25) is 11.8 Å². The summed E-state index contributed by atoms with van der Waals surface area (Å²) < 4.78 is 0. The molecule has 0 fully saturated rings. The van der Waals surface area contributed by atoms with Crippen LogP contribution in [0.25, 0.3) is 0 Å². The molecule has 1 aromatic carbocycles. The molecule has 1 atom stereocenters. The molecule has 0 spiro atoms. The zero-order chi connectivity index (χ0) is 15.5. The molecule has 124 valence electrons. The Labute approximate surface area is 138 Å². The molecular weight excluding hydrogens is 302 g/mol. The number of rotatable bonds is 9. The fraction of sp³-hybridized carbons (Fsp3) is 0.500. The number of amides is 2. The van der Waals surface area contributed by atoms with E-state index >= 15 is 0 Å². The van der Waals surface area contributed by atoms with E-state index in [0.29, 0.717) is 13.0 Å². The third-order valence-corrected chi connectivity index (χ3v) is 3.05. The van der Waals surface area contributed by atoms with Gasteiger partial charge in [-0.15, -0.1) is 12.4 Å². The zero-order valence-corrected chi connectivity index (χ0v) is 14.0. The summed E-state index contributed by atoms with van der Waals surface area (Å²) >= 11 is 0. The van der Waals surface area contributed by atoms with Gasteiger partial charge in [-0.05, 0) is 18.5 Å². The molecule has 3 N–H and O–H groups in total. The summed E-state index contributed by atoms with van der Waals surface area (Å²) in [7, 11) is 0. The number of carbonyl (C=O) groups excluding carboxylic acids is 2. The lowest BCUT2D eigenvalue weighted by Crippen LogP contribution is -2.42. The third-order valence-electron chi connectivity index (χ3n) is 3.05. The van der Waals surface area contributed by atoms with Gasteiger partial charge in [-0.25, -0.2) is 0 Å². The van der Waals surface area contributed by atoms with Crippen molar-refractivity contribution in [3.8, 4) is 0 Å².